The number of aromatic nitrogens is 1. The molecule has 0 fully saturated rings. The number of aryl methyl sites for hydroxylation is 1. The summed E-state index contributed by atoms with van der Waals surface area (Å²) in [5, 5.41) is 6.95. The average molecular weight is 257 g/mol. The third-order valence-corrected chi connectivity index (χ3v) is 3.01. The molecule has 0 aliphatic heterocycles. The van der Waals surface area contributed by atoms with Gasteiger partial charge in [-0.05, 0) is 13.3 Å². The van der Waals surface area contributed by atoms with Crippen LogP contribution in [-0.2, 0) is 16.1 Å². The predicted molar refractivity (Wildman–Crippen MR) is 68.1 cm³/mol. The number of carbonyl (C=O) groups excluding carboxylic acids is 1. The monoisotopic (exact) mass is 257 g/mol. The minimum atomic E-state index is 0.0161. The number of thiazole rings is 1. The second-order valence-corrected chi connectivity index (χ2v) is 4.96. The maximum Gasteiger partial charge on any atom is 0.233 e. The lowest BCUT2D eigenvalue weighted by molar-refractivity contribution is -0.120. The Morgan fingerprint density at radius 3 is 3.06 bits per heavy atom. The molecule has 6 heteroatoms. The Bertz CT molecular complexity index is 341. The van der Waals surface area contributed by atoms with Crippen LogP contribution in [0.5, 0.6) is 0 Å². The molecule has 17 heavy (non-hydrogen) atoms. The summed E-state index contributed by atoms with van der Waals surface area (Å²) in [5.74, 6) is 0.0161. The summed E-state index contributed by atoms with van der Waals surface area (Å²) in [6, 6.07) is 0. The molecule has 0 bridgehead atoms. The molecule has 0 saturated heterocycles. The Labute approximate surface area is 106 Å². The van der Waals surface area contributed by atoms with Crippen molar-refractivity contribution in [1.29, 1.82) is 0 Å². The summed E-state index contributed by atoms with van der Waals surface area (Å²) in [4.78, 5) is 16.7. The number of hydrogen-bond acceptors (Lipinski definition) is 5. The van der Waals surface area contributed by atoms with Crippen LogP contribution in [-0.4, -0.2) is 37.7 Å². The zero-order valence-electron chi connectivity index (χ0n) is 10.3. The van der Waals surface area contributed by atoms with Crippen molar-refractivity contribution in [2.24, 2.45) is 0 Å². The van der Waals surface area contributed by atoms with E-state index >= 15 is 0 Å². The Hall–Kier alpha value is -0.980. The molecule has 1 aromatic heterocycles. The van der Waals surface area contributed by atoms with Gasteiger partial charge in [-0.1, -0.05) is 0 Å². The van der Waals surface area contributed by atoms with Gasteiger partial charge in [0.25, 0.3) is 0 Å². The lowest BCUT2D eigenvalue weighted by Gasteiger charge is -2.05. The highest BCUT2D eigenvalue weighted by Crippen LogP contribution is 2.10. The number of nitrogens with one attached hydrogen (secondary N) is 2. The molecule has 1 rings (SSSR count). The molecule has 0 aromatic carbocycles. The Morgan fingerprint density at radius 1 is 1.59 bits per heavy atom. The number of hydrogen-bond donors (Lipinski definition) is 2. The van der Waals surface area contributed by atoms with Crippen LogP contribution >= 0.6 is 11.3 Å². The molecule has 2 N–H and O–H groups in total. The van der Waals surface area contributed by atoms with Crippen LogP contribution in [0, 0.1) is 6.92 Å². The highest BCUT2D eigenvalue weighted by molar-refractivity contribution is 7.11. The molecular weight excluding hydrogens is 238 g/mol. The van der Waals surface area contributed by atoms with Crippen molar-refractivity contribution in [1.82, 2.24) is 15.6 Å². The predicted octanol–water partition coefficient (Wildman–Crippen LogP) is 0.694. The highest BCUT2D eigenvalue weighted by atomic mass is 32.1. The van der Waals surface area contributed by atoms with Gasteiger partial charge in [-0.2, -0.15) is 0 Å². The van der Waals surface area contributed by atoms with Crippen LogP contribution in [0.25, 0.3) is 0 Å². The van der Waals surface area contributed by atoms with E-state index in [9.17, 15) is 4.79 Å². The first-order valence-corrected chi connectivity index (χ1v) is 6.41. The van der Waals surface area contributed by atoms with Crippen LogP contribution in [0.1, 0.15) is 16.3 Å². The normalized spacial score (nSPS) is 10.5. The van der Waals surface area contributed by atoms with Gasteiger partial charge in [0, 0.05) is 37.9 Å². The third kappa shape index (κ3) is 6.35. The summed E-state index contributed by atoms with van der Waals surface area (Å²) in [5.41, 5.74) is 0. The van der Waals surface area contributed by atoms with Crippen LogP contribution in [0.15, 0.2) is 6.20 Å². The van der Waals surface area contributed by atoms with E-state index in [1.165, 1.54) is 0 Å². The fourth-order valence-corrected chi connectivity index (χ4v) is 2.06. The van der Waals surface area contributed by atoms with Crippen molar-refractivity contribution in [2.75, 3.05) is 26.8 Å². The molecule has 1 aromatic rings. The molecule has 5 nitrogen and oxygen atoms in total. The number of nitrogens with zero attached hydrogens (tertiary/aromatic N) is 1. The Morgan fingerprint density at radius 2 is 2.41 bits per heavy atom. The molecule has 0 spiro atoms. The highest BCUT2D eigenvalue weighted by Gasteiger charge is 2.01. The lowest BCUT2D eigenvalue weighted by atomic mass is 10.4. The second-order valence-electron chi connectivity index (χ2n) is 3.65. The largest absolute Gasteiger partial charge is 0.385 e. The topological polar surface area (TPSA) is 63.2 Å². The molecule has 0 radical (unpaired) electrons. The molecule has 1 heterocycles. The summed E-state index contributed by atoms with van der Waals surface area (Å²) in [6.45, 7) is 4.33. The zero-order chi connectivity index (χ0) is 12.5. The van der Waals surface area contributed by atoms with E-state index in [1.807, 2.05) is 13.1 Å². The van der Waals surface area contributed by atoms with Gasteiger partial charge in [0.15, 0.2) is 0 Å². The fraction of sp³-hybridized carbons (Fsp3) is 0.636. The van der Waals surface area contributed by atoms with Crippen molar-refractivity contribution in [3.8, 4) is 0 Å². The molecule has 1 amide bonds. The minimum absolute atomic E-state index is 0.0161. The molecular formula is C11H19N3O2S. The fourth-order valence-electron chi connectivity index (χ4n) is 1.29. The number of methoxy groups -OCH3 is 1. The molecule has 0 unspecified atom stereocenters. The first-order chi connectivity index (χ1) is 8.22. The maximum atomic E-state index is 11.4. The second kappa shape index (κ2) is 8.16. The summed E-state index contributed by atoms with van der Waals surface area (Å²) < 4.78 is 4.89. The van der Waals surface area contributed by atoms with Crippen LogP contribution in [0.4, 0.5) is 0 Å². The molecule has 0 saturated carbocycles. The number of amides is 1. The molecule has 0 aliphatic rings. The van der Waals surface area contributed by atoms with Gasteiger partial charge in [-0.15, -0.1) is 11.3 Å². The van der Waals surface area contributed by atoms with Gasteiger partial charge in [0.2, 0.25) is 5.91 Å². The lowest BCUT2D eigenvalue weighted by Crippen LogP contribution is -2.34. The van der Waals surface area contributed by atoms with Gasteiger partial charge in [0.05, 0.1) is 11.6 Å². The van der Waals surface area contributed by atoms with Crippen molar-refractivity contribution in [3.05, 3.63) is 16.1 Å². The first-order valence-electron chi connectivity index (χ1n) is 5.60. The Balaban J connectivity index is 2.04. The van der Waals surface area contributed by atoms with Gasteiger partial charge in [-0.3, -0.25) is 4.79 Å². The average Bonchev–Trinajstić information content (AvgIpc) is 2.71. The van der Waals surface area contributed by atoms with E-state index in [-0.39, 0.29) is 5.91 Å². The van der Waals surface area contributed by atoms with E-state index in [0.29, 0.717) is 26.2 Å². The minimum Gasteiger partial charge on any atom is -0.385 e. The van der Waals surface area contributed by atoms with Gasteiger partial charge in [0.1, 0.15) is 0 Å². The number of rotatable bonds is 8. The Kier molecular flexibility index (Phi) is 6.76. The number of ether oxygens (including phenoxy) is 1. The van der Waals surface area contributed by atoms with Crippen molar-refractivity contribution in [3.63, 3.8) is 0 Å². The van der Waals surface area contributed by atoms with Crippen molar-refractivity contribution < 1.29 is 9.53 Å². The van der Waals surface area contributed by atoms with Crippen molar-refractivity contribution >= 4 is 17.2 Å². The van der Waals surface area contributed by atoms with Crippen LogP contribution in [0.2, 0.25) is 0 Å². The summed E-state index contributed by atoms with van der Waals surface area (Å²) in [6.07, 6.45) is 2.68. The maximum absolute atomic E-state index is 11.4. The molecule has 0 aliphatic carbocycles. The van der Waals surface area contributed by atoms with Crippen LogP contribution < -0.4 is 10.6 Å². The van der Waals surface area contributed by atoms with E-state index in [4.69, 9.17) is 4.74 Å². The van der Waals surface area contributed by atoms with Crippen LogP contribution in [0.3, 0.4) is 0 Å². The standard InChI is InChI=1S/C11H19N3O2S/c1-9-14-7-10(17-9)6-12-8-11(15)13-4-3-5-16-2/h7,12H,3-6,8H2,1-2H3,(H,13,15). The number of carbonyl (C=O) groups is 1. The van der Waals surface area contributed by atoms with Gasteiger partial charge < -0.3 is 15.4 Å². The van der Waals surface area contributed by atoms with E-state index < -0.39 is 0 Å². The molecule has 96 valence electrons. The summed E-state index contributed by atoms with van der Waals surface area (Å²) in [7, 11) is 1.65. The quantitative estimate of drug-likeness (QED) is 0.673. The van der Waals surface area contributed by atoms with E-state index in [2.05, 4.69) is 15.6 Å². The van der Waals surface area contributed by atoms with Crippen molar-refractivity contribution in [2.45, 2.75) is 19.9 Å². The van der Waals surface area contributed by atoms with E-state index in [1.54, 1.807) is 18.4 Å². The van der Waals surface area contributed by atoms with Gasteiger partial charge >= 0.3 is 0 Å². The SMILES string of the molecule is COCCCNC(=O)CNCc1cnc(C)s1. The zero-order valence-corrected chi connectivity index (χ0v) is 11.1. The smallest absolute Gasteiger partial charge is 0.233 e. The van der Waals surface area contributed by atoms with E-state index in [0.717, 1.165) is 16.3 Å². The first kappa shape index (κ1) is 14.1. The summed E-state index contributed by atoms with van der Waals surface area (Å²) >= 11 is 1.64. The molecule has 0 atom stereocenters. The van der Waals surface area contributed by atoms with Gasteiger partial charge in [-0.25, -0.2) is 4.98 Å². The third-order valence-electron chi connectivity index (χ3n) is 2.10.